The summed E-state index contributed by atoms with van der Waals surface area (Å²) in [4.78, 5) is 11.0. The van der Waals surface area contributed by atoms with Crippen LogP contribution in [0.5, 0.6) is 0 Å². The lowest BCUT2D eigenvalue weighted by Crippen LogP contribution is -2.47. The van der Waals surface area contributed by atoms with E-state index in [0.717, 1.165) is 32.1 Å². The van der Waals surface area contributed by atoms with Crippen molar-refractivity contribution in [3.63, 3.8) is 0 Å². The van der Waals surface area contributed by atoms with Crippen LogP contribution in [0.15, 0.2) is 24.3 Å². The van der Waals surface area contributed by atoms with Crippen LogP contribution in [0, 0.1) is 0 Å². The second-order valence-electron chi connectivity index (χ2n) is 18.5. The van der Waals surface area contributed by atoms with E-state index in [1.54, 1.807) is 0 Å². The molecule has 1 fully saturated rings. The molecule has 0 saturated carbocycles. The molecule has 0 amide bonds. The van der Waals surface area contributed by atoms with Gasteiger partial charge in [-0.05, 0) is 80.1 Å². The molecule has 276 valence electrons. The van der Waals surface area contributed by atoms with Gasteiger partial charge in [-0.3, -0.25) is 4.79 Å². The monoisotopic (exact) mass is 712 g/mol. The average molecular weight is 713 g/mol. The number of allylic oxidation sites excluding steroid dienone is 1. The van der Waals surface area contributed by atoms with Gasteiger partial charge in [0.2, 0.25) is 0 Å². The number of carboxylic acids is 1. The van der Waals surface area contributed by atoms with Gasteiger partial charge >= 0.3 is 5.97 Å². The van der Waals surface area contributed by atoms with Gasteiger partial charge in [-0.15, -0.1) is 0 Å². The lowest BCUT2D eigenvalue weighted by Gasteiger charge is -2.40. The zero-order valence-corrected chi connectivity index (χ0v) is 36.5. The molecule has 1 rings (SSSR count). The number of hydrogen-bond acceptors (Lipinski definition) is 5. The first-order chi connectivity index (χ1) is 21.2. The molecule has 47 heavy (non-hydrogen) atoms. The van der Waals surface area contributed by atoms with Crippen molar-refractivity contribution in [2.24, 2.45) is 0 Å². The normalized spacial score (nSPS) is 22.0. The van der Waals surface area contributed by atoms with Crippen molar-refractivity contribution in [2.45, 2.75) is 212 Å². The molecule has 1 aliphatic rings. The maximum absolute atomic E-state index is 11.0. The lowest BCUT2D eigenvalue weighted by atomic mass is 10.0. The van der Waals surface area contributed by atoms with Gasteiger partial charge in [0.05, 0.1) is 30.5 Å². The van der Waals surface area contributed by atoms with Gasteiger partial charge in [-0.25, -0.2) is 0 Å². The maximum Gasteiger partial charge on any atom is 0.303 e. The van der Waals surface area contributed by atoms with Crippen molar-refractivity contribution in [1.82, 2.24) is 0 Å². The number of unbranched alkanes of at least 4 members (excludes halogenated alkanes) is 3. The maximum atomic E-state index is 11.0. The molecular weight excluding hydrogens is 637 g/mol. The van der Waals surface area contributed by atoms with Gasteiger partial charge in [0.15, 0.2) is 25.0 Å². The number of carbonyl (C=O) groups is 1. The largest absolute Gasteiger partial charge is 0.481 e. The third-order valence-electron chi connectivity index (χ3n) is 11.2. The molecule has 1 aliphatic heterocycles. The quantitative estimate of drug-likeness (QED) is 0.0816. The Morgan fingerprint density at radius 1 is 0.809 bits per heavy atom. The fourth-order valence-electron chi connectivity index (χ4n) is 4.90. The van der Waals surface area contributed by atoms with Crippen LogP contribution >= 0.6 is 0 Å². The number of hydrogen-bond donors (Lipinski definition) is 1. The predicted molar refractivity (Wildman–Crippen MR) is 208 cm³/mol. The van der Waals surface area contributed by atoms with E-state index < -0.39 is 30.9 Å². The highest BCUT2D eigenvalue weighted by Crippen LogP contribution is 2.43. The molecule has 0 unspecified atom stereocenters. The van der Waals surface area contributed by atoms with E-state index >= 15 is 0 Å². The van der Waals surface area contributed by atoms with Crippen LogP contribution in [-0.4, -0.2) is 66.5 Å². The van der Waals surface area contributed by atoms with Crippen LogP contribution < -0.4 is 0 Å². The molecular formula is C38H76O6Si3. The molecule has 0 spiro atoms. The van der Waals surface area contributed by atoms with Crippen molar-refractivity contribution in [3.8, 4) is 0 Å². The minimum absolute atomic E-state index is 0.0210. The lowest BCUT2D eigenvalue weighted by molar-refractivity contribution is -0.137. The topological polar surface area (TPSA) is 74.2 Å². The van der Waals surface area contributed by atoms with E-state index in [-0.39, 0.29) is 52.1 Å². The van der Waals surface area contributed by atoms with Crippen molar-refractivity contribution >= 4 is 30.9 Å². The molecule has 0 aromatic rings. The molecule has 0 radical (unpaired) electrons. The molecule has 0 aromatic heterocycles. The minimum atomic E-state index is -2.14. The first-order valence-corrected chi connectivity index (χ1v) is 27.2. The second-order valence-corrected chi connectivity index (χ2v) is 32.8. The number of rotatable bonds is 19. The van der Waals surface area contributed by atoms with Crippen molar-refractivity contribution < 1.29 is 27.9 Å². The highest BCUT2D eigenvalue weighted by molar-refractivity contribution is 6.75. The Bertz CT molecular complexity index is 1000. The van der Waals surface area contributed by atoms with Gasteiger partial charge in [-0.2, -0.15) is 0 Å². The van der Waals surface area contributed by atoms with E-state index in [2.05, 4.69) is 133 Å². The van der Waals surface area contributed by atoms with Gasteiger partial charge in [-0.1, -0.05) is 113 Å². The third kappa shape index (κ3) is 14.7. The first-order valence-electron chi connectivity index (χ1n) is 18.5. The first kappa shape index (κ1) is 44.5. The highest BCUT2D eigenvalue weighted by atomic mass is 28.4. The molecule has 5 atom stereocenters. The Morgan fingerprint density at radius 2 is 1.36 bits per heavy atom. The standard InChI is InChI=1S/C38H76O6Si3/c1-17-18-21-24-30(42-45(11,12)36(2,3)4)27-28-32(43-46(13,14)37(5,6)7)33-29-34(44-47(15,16)38(8,9)10)31(41-33)25-22-19-20-23-26-35(39)40/h19,22,27-28,30-34H,17-18,20-21,23-26,29H2,1-16H3,(H,39,40)/b22-19-,28-27+/t30-,31-,32+,33-,34-/m0/s1. The summed E-state index contributed by atoms with van der Waals surface area (Å²) in [7, 11) is -6.18. The summed E-state index contributed by atoms with van der Waals surface area (Å²) in [5, 5.41) is 9.30. The molecule has 0 aromatic carbocycles. The summed E-state index contributed by atoms with van der Waals surface area (Å²) >= 11 is 0. The molecule has 1 saturated heterocycles. The summed E-state index contributed by atoms with van der Waals surface area (Å²) in [6.07, 6.45) is 16.2. The Kier molecular flexibility index (Phi) is 17.1. The molecule has 9 heteroatoms. The predicted octanol–water partition coefficient (Wildman–Crippen LogP) is 11.7. The summed E-state index contributed by atoms with van der Waals surface area (Å²) in [5.74, 6) is -0.744. The Labute approximate surface area is 294 Å². The van der Waals surface area contributed by atoms with Crippen LogP contribution in [0.4, 0.5) is 0 Å². The van der Waals surface area contributed by atoms with Gasteiger partial charge in [0.25, 0.3) is 0 Å². The van der Waals surface area contributed by atoms with Crippen LogP contribution in [-0.2, 0) is 22.8 Å². The van der Waals surface area contributed by atoms with E-state index in [9.17, 15) is 4.79 Å². The van der Waals surface area contributed by atoms with Crippen LogP contribution in [0.1, 0.15) is 127 Å². The fraction of sp³-hybridized carbons (Fsp3) is 0.868. The van der Waals surface area contributed by atoms with Gasteiger partial charge in [0.1, 0.15) is 0 Å². The van der Waals surface area contributed by atoms with Crippen LogP contribution in [0.25, 0.3) is 0 Å². The van der Waals surface area contributed by atoms with Crippen LogP contribution in [0.3, 0.4) is 0 Å². The Morgan fingerprint density at radius 3 is 1.87 bits per heavy atom. The number of ether oxygens (including phenoxy) is 1. The van der Waals surface area contributed by atoms with Crippen LogP contribution in [0.2, 0.25) is 54.4 Å². The van der Waals surface area contributed by atoms with Crippen molar-refractivity contribution in [1.29, 1.82) is 0 Å². The third-order valence-corrected chi connectivity index (χ3v) is 24.7. The summed E-state index contributed by atoms with van der Waals surface area (Å²) in [6, 6.07) is 0. The highest BCUT2D eigenvalue weighted by Gasteiger charge is 2.48. The summed E-state index contributed by atoms with van der Waals surface area (Å²) in [5.41, 5.74) is 0. The van der Waals surface area contributed by atoms with Crippen molar-refractivity contribution in [2.75, 3.05) is 0 Å². The number of carboxylic acid groups (broad SMARTS) is 1. The smallest absolute Gasteiger partial charge is 0.303 e. The van der Waals surface area contributed by atoms with E-state index in [4.69, 9.17) is 23.1 Å². The van der Waals surface area contributed by atoms with E-state index in [1.807, 2.05) is 0 Å². The molecule has 0 bridgehead atoms. The van der Waals surface area contributed by atoms with E-state index in [0.29, 0.717) is 6.42 Å². The summed E-state index contributed by atoms with van der Waals surface area (Å²) < 4.78 is 28.2. The zero-order chi connectivity index (χ0) is 36.5. The SMILES string of the molecule is CCCCC[C@@H](/C=C/[C@@H](O[Si](C)(C)C(C)(C)C)[C@@H]1C[C@H](O[Si](C)(C)C(C)(C)C)[C@H](C/C=C\CCCC(=O)O)O1)O[Si](C)(C)C(C)(C)C. The molecule has 6 nitrogen and oxygen atoms in total. The van der Waals surface area contributed by atoms with E-state index in [1.165, 1.54) is 12.8 Å². The van der Waals surface area contributed by atoms with Crippen molar-refractivity contribution in [3.05, 3.63) is 24.3 Å². The van der Waals surface area contributed by atoms with Gasteiger partial charge < -0.3 is 23.1 Å². The summed E-state index contributed by atoms with van der Waals surface area (Å²) in [6.45, 7) is 36.9. The van der Waals surface area contributed by atoms with Gasteiger partial charge in [0, 0.05) is 12.8 Å². The Balaban J connectivity index is 3.47. The fourth-order valence-corrected chi connectivity index (χ4v) is 8.83. The molecule has 0 aliphatic carbocycles. The molecule has 1 heterocycles. The zero-order valence-electron chi connectivity index (χ0n) is 33.5. The average Bonchev–Trinajstić information content (AvgIpc) is 3.27. The Hall–Kier alpha value is -0.559. The number of aliphatic carboxylic acids is 1. The second kappa shape index (κ2) is 18.1. The minimum Gasteiger partial charge on any atom is -0.481 e. The molecule has 1 N–H and O–H groups in total.